The quantitative estimate of drug-likeness (QED) is 0.863. The van der Waals surface area contributed by atoms with Gasteiger partial charge in [0.05, 0.1) is 11.3 Å². The first-order chi connectivity index (χ1) is 11.9. The molecule has 0 aliphatic carbocycles. The first kappa shape index (κ1) is 18.1. The highest BCUT2D eigenvalue weighted by molar-refractivity contribution is 5.76. The molecule has 2 atom stereocenters. The number of hydrogen-bond donors (Lipinski definition) is 1. The van der Waals surface area contributed by atoms with E-state index in [4.69, 9.17) is 4.74 Å². The molecule has 3 rings (SSSR count). The average molecular weight is 349 g/mol. The second kappa shape index (κ2) is 7.25. The fourth-order valence-electron chi connectivity index (χ4n) is 4.06. The van der Waals surface area contributed by atoms with Gasteiger partial charge in [-0.2, -0.15) is 5.10 Å². The van der Waals surface area contributed by atoms with Gasteiger partial charge in [0, 0.05) is 38.3 Å². The number of amides is 1. The summed E-state index contributed by atoms with van der Waals surface area (Å²) in [5.41, 5.74) is -0.310. The Bertz CT molecular complexity index is 683. The van der Waals surface area contributed by atoms with E-state index >= 15 is 0 Å². The molecule has 7 nitrogen and oxygen atoms in total. The molecule has 2 aliphatic heterocycles. The van der Waals surface area contributed by atoms with Crippen molar-refractivity contribution < 1.29 is 14.6 Å². The average Bonchev–Trinajstić information content (AvgIpc) is 2.61. The summed E-state index contributed by atoms with van der Waals surface area (Å²) in [7, 11) is 0. The Morgan fingerprint density at radius 2 is 2.12 bits per heavy atom. The van der Waals surface area contributed by atoms with Crippen LogP contribution in [-0.4, -0.2) is 57.6 Å². The van der Waals surface area contributed by atoms with Crippen LogP contribution in [0.5, 0.6) is 0 Å². The number of nitrogens with zero attached hydrogens (tertiary/aromatic N) is 3. The van der Waals surface area contributed by atoms with Gasteiger partial charge in [-0.05, 0) is 38.2 Å². The Morgan fingerprint density at radius 3 is 2.80 bits per heavy atom. The lowest BCUT2D eigenvalue weighted by Gasteiger charge is -2.48. The summed E-state index contributed by atoms with van der Waals surface area (Å²) in [6, 6.07) is 3.07. The normalized spacial score (nSPS) is 28.1. The maximum absolute atomic E-state index is 12.6. The van der Waals surface area contributed by atoms with Gasteiger partial charge in [0.2, 0.25) is 5.91 Å². The lowest BCUT2D eigenvalue weighted by atomic mass is 9.70. The van der Waals surface area contributed by atoms with Crippen LogP contribution in [0.4, 0.5) is 0 Å². The van der Waals surface area contributed by atoms with E-state index in [0.717, 1.165) is 12.8 Å². The van der Waals surface area contributed by atoms with Gasteiger partial charge in [-0.15, -0.1) is 0 Å². The molecule has 1 aromatic heterocycles. The molecule has 1 amide bonds. The first-order valence-corrected chi connectivity index (χ1v) is 9.03. The molecule has 2 fully saturated rings. The number of carbonyl (C=O) groups excluding carboxylic acids is 1. The third-order valence-corrected chi connectivity index (χ3v) is 5.70. The molecule has 0 aromatic carbocycles. The van der Waals surface area contributed by atoms with Crippen LogP contribution in [0, 0.1) is 18.8 Å². The van der Waals surface area contributed by atoms with Crippen molar-refractivity contribution in [2.45, 2.75) is 45.3 Å². The maximum Gasteiger partial charge on any atom is 0.267 e. The highest BCUT2D eigenvalue weighted by Gasteiger charge is 2.45. The molecule has 7 heteroatoms. The zero-order chi connectivity index (χ0) is 18.0. The van der Waals surface area contributed by atoms with Gasteiger partial charge >= 0.3 is 0 Å². The van der Waals surface area contributed by atoms with Crippen molar-refractivity contribution >= 4 is 5.91 Å². The Kier molecular flexibility index (Phi) is 5.24. The molecule has 25 heavy (non-hydrogen) atoms. The fourth-order valence-corrected chi connectivity index (χ4v) is 4.06. The van der Waals surface area contributed by atoms with Crippen molar-refractivity contribution in [1.29, 1.82) is 0 Å². The summed E-state index contributed by atoms with van der Waals surface area (Å²) < 4.78 is 6.61. The minimum absolute atomic E-state index is 0.00418. The van der Waals surface area contributed by atoms with Crippen LogP contribution in [0.3, 0.4) is 0 Å². The summed E-state index contributed by atoms with van der Waals surface area (Å²) in [5, 5.41) is 15.3. The van der Waals surface area contributed by atoms with E-state index in [1.807, 2.05) is 6.92 Å². The summed E-state index contributed by atoms with van der Waals surface area (Å²) in [5.74, 6) is 0.103. The van der Waals surface area contributed by atoms with Crippen molar-refractivity contribution in [3.05, 3.63) is 28.2 Å². The number of carbonyl (C=O) groups is 1. The smallest absolute Gasteiger partial charge is 0.267 e. The second-order valence-electron chi connectivity index (χ2n) is 7.34. The van der Waals surface area contributed by atoms with Crippen LogP contribution >= 0.6 is 0 Å². The molecule has 1 N–H and O–H groups in total. The van der Waals surface area contributed by atoms with Crippen LogP contribution in [0.25, 0.3) is 0 Å². The third-order valence-electron chi connectivity index (χ3n) is 5.70. The Balaban J connectivity index is 1.65. The van der Waals surface area contributed by atoms with E-state index in [-0.39, 0.29) is 29.8 Å². The van der Waals surface area contributed by atoms with E-state index in [0.29, 0.717) is 38.4 Å². The fraction of sp³-hybridized carbons (Fsp3) is 0.722. The van der Waals surface area contributed by atoms with Gasteiger partial charge in [-0.3, -0.25) is 9.59 Å². The molecule has 0 radical (unpaired) electrons. The summed E-state index contributed by atoms with van der Waals surface area (Å²) in [6.45, 7) is 6.16. The number of piperidine rings is 1. The van der Waals surface area contributed by atoms with Gasteiger partial charge in [-0.25, -0.2) is 4.68 Å². The van der Waals surface area contributed by atoms with E-state index in [1.165, 1.54) is 10.7 Å². The Labute approximate surface area is 147 Å². The highest BCUT2D eigenvalue weighted by atomic mass is 16.5. The number of aliphatic hydroxyl groups is 1. The number of ether oxygens (including phenoxy) is 1. The predicted molar refractivity (Wildman–Crippen MR) is 92.1 cm³/mol. The molecule has 0 bridgehead atoms. The topological polar surface area (TPSA) is 84.7 Å². The number of hydrogen-bond acceptors (Lipinski definition) is 5. The maximum atomic E-state index is 12.6. The van der Waals surface area contributed by atoms with E-state index in [2.05, 4.69) is 5.10 Å². The van der Waals surface area contributed by atoms with Crippen LogP contribution in [0.1, 0.15) is 31.9 Å². The van der Waals surface area contributed by atoms with Crippen molar-refractivity contribution in [3.63, 3.8) is 0 Å². The monoisotopic (exact) mass is 349 g/mol. The molecule has 2 saturated heterocycles. The Morgan fingerprint density at radius 1 is 1.40 bits per heavy atom. The molecule has 0 saturated carbocycles. The molecular formula is C18H27N3O4. The molecule has 2 aliphatic rings. The van der Waals surface area contributed by atoms with Gasteiger partial charge < -0.3 is 14.7 Å². The van der Waals surface area contributed by atoms with Crippen LogP contribution in [0.2, 0.25) is 0 Å². The SMILES string of the molecule is Cc1ccc(=O)n(CC(=O)N2CC[C@@](O)(C3CCOCC3)[C@H](C)C2)n1. The predicted octanol–water partition coefficient (Wildman–Crippen LogP) is 0.578. The van der Waals surface area contributed by atoms with Crippen LogP contribution < -0.4 is 5.56 Å². The Hall–Kier alpha value is -1.73. The highest BCUT2D eigenvalue weighted by Crippen LogP contribution is 2.39. The molecule has 138 valence electrons. The molecule has 3 heterocycles. The van der Waals surface area contributed by atoms with Crippen molar-refractivity contribution in [2.24, 2.45) is 11.8 Å². The van der Waals surface area contributed by atoms with E-state index in [9.17, 15) is 14.7 Å². The number of aromatic nitrogens is 2. The molecule has 0 spiro atoms. The zero-order valence-corrected chi connectivity index (χ0v) is 15.0. The largest absolute Gasteiger partial charge is 0.389 e. The van der Waals surface area contributed by atoms with Crippen LogP contribution in [-0.2, 0) is 16.1 Å². The minimum Gasteiger partial charge on any atom is -0.389 e. The number of aryl methyl sites for hydroxylation is 1. The summed E-state index contributed by atoms with van der Waals surface area (Å²) in [6.07, 6.45) is 2.31. The van der Waals surface area contributed by atoms with E-state index in [1.54, 1.807) is 17.9 Å². The first-order valence-electron chi connectivity index (χ1n) is 9.03. The van der Waals surface area contributed by atoms with Gasteiger partial charge in [0.1, 0.15) is 6.54 Å². The third kappa shape index (κ3) is 3.77. The summed E-state index contributed by atoms with van der Waals surface area (Å²) >= 11 is 0. The van der Waals surface area contributed by atoms with Gasteiger partial charge in [0.15, 0.2) is 0 Å². The number of likely N-dealkylation sites (tertiary alicyclic amines) is 1. The summed E-state index contributed by atoms with van der Waals surface area (Å²) in [4.78, 5) is 26.2. The molecule has 1 aromatic rings. The lowest BCUT2D eigenvalue weighted by molar-refractivity contribution is -0.152. The van der Waals surface area contributed by atoms with Gasteiger partial charge in [0.25, 0.3) is 5.56 Å². The van der Waals surface area contributed by atoms with Crippen LogP contribution in [0.15, 0.2) is 16.9 Å². The van der Waals surface area contributed by atoms with Crippen molar-refractivity contribution in [2.75, 3.05) is 26.3 Å². The van der Waals surface area contributed by atoms with Crippen molar-refractivity contribution in [3.8, 4) is 0 Å². The lowest BCUT2D eigenvalue weighted by Crippen LogP contribution is -2.57. The second-order valence-corrected chi connectivity index (χ2v) is 7.34. The molecule has 0 unspecified atom stereocenters. The number of rotatable bonds is 3. The minimum atomic E-state index is -0.737. The van der Waals surface area contributed by atoms with Crippen molar-refractivity contribution in [1.82, 2.24) is 14.7 Å². The zero-order valence-electron chi connectivity index (χ0n) is 15.0. The molecular weight excluding hydrogens is 322 g/mol. The standard InChI is InChI=1S/C18H27N3O4/c1-13-11-20(8-7-18(13,24)15-5-9-25-10-6-15)17(23)12-21-16(22)4-3-14(2)19-21/h3-4,13,15,24H,5-12H2,1-2H3/t13-,18+/m1/s1. The van der Waals surface area contributed by atoms with E-state index < -0.39 is 5.60 Å². The van der Waals surface area contributed by atoms with Gasteiger partial charge in [-0.1, -0.05) is 6.92 Å².